The number of hydrogen-bond donors (Lipinski definition) is 2. The van der Waals surface area contributed by atoms with E-state index in [1.54, 1.807) is 30.3 Å². The van der Waals surface area contributed by atoms with E-state index >= 15 is 0 Å². The van der Waals surface area contributed by atoms with Gasteiger partial charge in [-0.05, 0) is 24.3 Å². The fourth-order valence-electron chi connectivity index (χ4n) is 2.61. The predicted octanol–water partition coefficient (Wildman–Crippen LogP) is 2.17. The molecule has 1 aliphatic rings. The van der Waals surface area contributed by atoms with Crippen molar-refractivity contribution < 1.29 is 29.2 Å². The number of nitro benzene ring substituents is 1. The van der Waals surface area contributed by atoms with E-state index in [-0.39, 0.29) is 16.2 Å². The van der Waals surface area contributed by atoms with E-state index in [1.807, 2.05) is 0 Å². The molecule has 29 heavy (non-hydrogen) atoms. The van der Waals surface area contributed by atoms with Gasteiger partial charge >= 0.3 is 11.7 Å². The molecule has 0 aromatic heterocycles. The SMILES string of the molecule is O=C(O)COc1c(C=C2C(=O)NN(c3ccccc3)C2=O)cc(Cl)cc1[N+](=O)[O-]. The molecule has 3 rings (SSSR count). The lowest BCUT2D eigenvalue weighted by Gasteiger charge is -2.14. The lowest BCUT2D eigenvalue weighted by Crippen LogP contribution is -2.35. The molecule has 0 radical (unpaired) electrons. The van der Waals surface area contributed by atoms with Crippen LogP contribution in [0.1, 0.15) is 5.56 Å². The average molecular weight is 418 g/mol. The molecule has 1 saturated heterocycles. The Morgan fingerprint density at radius 2 is 1.97 bits per heavy atom. The second-order valence-corrected chi connectivity index (χ2v) is 6.19. The molecule has 10 nitrogen and oxygen atoms in total. The number of aliphatic carboxylic acids is 1. The van der Waals surface area contributed by atoms with Gasteiger partial charge in [-0.1, -0.05) is 29.8 Å². The zero-order valence-electron chi connectivity index (χ0n) is 14.5. The van der Waals surface area contributed by atoms with E-state index in [0.29, 0.717) is 5.69 Å². The number of carboxylic acids is 1. The normalized spacial score (nSPS) is 14.8. The van der Waals surface area contributed by atoms with Crippen molar-refractivity contribution >= 4 is 46.8 Å². The van der Waals surface area contributed by atoms with E-state index in [4.69, 9.17) is 21.4 Å². The second kappa shape index (κ2) is 7.98. The molecule has 1 heterocycles. The molecule has 0 spiro atoms. The van der Waals surface area contributed by atoms with Crippen LogP contribution < -0.4 is 15.2 Å². The smallest absolute Gasteiger partial charge is 0.341 e. The van der Waals surface area contributed by atoms with E-state index < -0.39 is 40.8 Å². The average Bonchev–Trinajstić information content (AvgIpc) is 2.95. The number of carbonyl (C=O) groups is 3. The van der Waals surface area contributed by atoms with E-state index in [2.05, 4.69) is 5.43 Å². The summed E-state index contributed by atoms with van der Waals surface area (Å²) >= 11 is 5.91. The Hall–Kier alpha value is -3.92. The number of nitro groups is 1. The first-order valence-corrected chi connectivity index (χ1v) is 8.40. The molecule has 0 bridgehead atoms. The van der Waals surface area contributed by atoms with Crippen molar-refractivity contribution in [2.24, 2.45) is 0 Å². The van der Waals surface area contributed by atoms with Crippen molar-refractivity contribution in [1.29, 1.82) is 0 Å². The molecule has 11 heteroatoms. The molecule has 0 atom stereocenters. The number of carboxylic acid groups (broad SMARTS) is 1. The van der Waals surface area contributed by atoms with Crippen LogP contribution in [0, 0.1) is 10.1 Å². The maximum absolute atomic E-state index is 12.7. The Morgan fingerprint density at radius 1 is 1.28 bits per heavy atom. The molecule has 0 saturated carbocycles. The van der Waals surface area contributed by atoms with Crippen LogP contribution in [0.15, 0.2) is 48.0 Å². The largest absolute Gasteiger partial charge is 0.479 e. The molecule has 2 amide bonds. The first-order chi connectivity index (χ1) is 13.8. The number of carbonyl (C=O) groups excluding carboxylic acids is 2. The van der Waals surface area contributed by atoms with Crippen LogP contribution in [-0.4, -0.2) is 34.4 Å². The minimum absolute atomic E-state index is 0.0583. The van der Waals surface area contributed by atoms with Gasteiger partial charge in [0.15, 0.2) is 6.61 Å². The van der Waals surface area contributed by atoms with Crippen LogP contribution in [0.5, 0.6) is 5.75 Å². The second-order valence-electron chi connectivity index (χ2n) is 5.76. The quantitative estimate of drug-likeness (QED) is 0.317. The Balaban J connectivity index is 2.07. The van der Waals surface area contributed by atoms with Gasteiger partial charge in [0.2, 0.25) is 5.75 Å². The Bertz CT molecular complexity index is 1050. The number of nitrogens with one attached hydrogen (secondary N) is 1. The third-order valence-electron chi connectivity index (χ3n) is 3.81. The number of para-hydroxylation sites is 1. The molecular formula is C18H12ClN3O7. The van der Waals surface area contributed by atoms with E-state index in [9.17, 15) is 24.5 Å². The molecule has 0 unspecified atom stereocenters. The molecular weight excluding hydrogens is 406 g/mol. The van der Waals surface area contributed by atoms with Gasteiger partial charge in [-0.2, -0.15) is 0 Å². The number of amides is 2. The minimum Gasteiger partial charge on any atom is -0.479 e. The molecule has 1 aliphatic heterocycles. The van der Waals surface area contributed by atoms with Gasteiger partial charge in [0.1, 0.15) is 5.57 Å². The van der Waals surface area contributed by atoms with Gasteiger partial charge < -0.3 is 9.84 Å². The predicted molar refractivity (Wildman–Crippen MR) is 101 cm³/mol. The van der Waals surface area contributed by atoms with Gasteiger partial charge in [-0.15, -0.1) is 0 Å². The summed E-state index contributed by atoms with van der Waals surface area (Å²) in [6.45, 7) is -0.866. The molecule has 2 N–H and O–H groups in total. The van der Waals surface area contributed by atoms with Crippen molar-refractivity contribution in [2.45, 2.75) is 0 Å². The maximum Gasteiger partial charge on any atom is 0.341 e. The number of anilines is 1. The highest BCUT2D eigenvalue weighted by atomic mass is 35.5. The van der Waals surface area contributed by atoms with Crippen LogP contribution >= 0.6 is 11.6 Å². The van der Waals surface area contributed by atoms with E-state index in [0.717, 1.165) is 17.2 Å². The molecule has 148 valence electrons. The number of hydrazine groups is 1. The summed E-state index contributed by atoms with van der Waals surface area (Å²) in [6.07, 6.45) is 1.07. The topological polar surface area (TPSA) is 139 Å². The number of hydrogen-bond acceptors (Lipinski definition) is 6. The highest BCUT2D eigenvalue weighted by Crippen LogP contribution is 2.36. The van der Waals surface area contributed by atoms with Gasteiger partial charge in [0, 0.05) is 16.7 Å². The number of benzene rings is 2. The lowest BCUT2D eigenvalue weighted by atomic mass is 10.1. The van der Waals surface area contributed by atoms with Gasteiger partial charge in [-0.3, -0.25) is 25.1 Å². The van der Waals surface area contributed by atoms with Crippen LogP contribution in [0.2, 0.25) is 5.02 Å². The van der Waals surface area contributed by atoms with Gasteiger partial charge in [0.25, 0.3) is 11.8 Å². The summed E-state index contributed by atoms with van der Waals surface area (Å²) in [4.78, 5) is 46.3. The molecule has 2 aromatic carbocycles. The third-order valence-corrected chi connectivity index (χ3v) is 4.02. The van der Waals surface area contributed by atoms with Crippen molar-refractivity contribution in [3.63, 3.8) is 0 Å². The van der Waals surface area contributed by atoms with Crippen LogP contribution in [0.4, 0.5) is 11.4 Å². The first kappa shape index (κ1) is 19.8. The Morgan fingerprint density at radius 3 is 2.59 bits per heavy atom. The fraction of sp³-hybridized carbons (Fsp3) is 0.0556. The zero-order chi connectivity index (χ0) is 21.1. The highest BCUT2D eigenvalue weighted by Gasteiger charge is 2.35. The number of rotatable bonds is 6. The Labute approximate surface area is 168 Å². The minimum atomic E-state index is -1.36. The van der Waals surface area contributed by atoms with Gasteiger partial charge in [-0.25, -0.2) is 9.80 Å². The van der Waals surface area contributed by atoms with Crippen LogP contribution in [0.3, 0.4) is 0 Å². The fourth-order valence-corrected chi connectivity index (χ4v) is 2.83. The summed E-state index contributed by atoms with van der Waals surface area (Å²) in [6, 6.07) is 10.5. The van der Waals surface area contributed by atoms with Crippen molar-refractivity contribution in [2.75, 3.05) is 11.6 Å². The molecule has 2 aromatic rings. The highest BCUT2D eigenvalue weighted by molar-refractivity contribution is 6.32. The summed E-state index contributed by atoms with van der Waals surface area (Å²) in [7, 11) is 0. The summed E-state index contributed by atoms with van der Waals surface area (Å²) in [5.74, 6) is -3.23. The first-order valence-electron chi connectivity index (χ1n) is 8.02. The Kier molecular flexibility index (Phi) is 5.46. The summed E-state index contributed by atoms with van der Waals surface area (Å²) < 4.78 is 5.04. The van der Waals surface area contributed by atoms with Crippen molar-refractivity contribution in [3.8, 4) is 5.75 Å². The number of halogens is 1. The number of nitrogens with zero attached hydrogens (tertiary/aromatic N) is 2. The number of ether oxygens (including phenoxy) is 1. The van der Waals surface area contributed by atoms with Crippen molar-refractivity contribution in [1.82, 2.24) is 5.43 Å². The monoisotopic (exact) mass is 417 g/mol. The lowest BCUT2D eigenvalue weighted by molar-refractivity contribution is -0.385. The van der Waals surface area contributed by atoms with Crippen molar-refractivity contribution in [3.05, 3.63) is 68.7 Å². The van der Waals surface area contributed by atoms with Crippen LogP contribution in [-0.2, 0) is 14.4 Å². The third kappa shape index (κ3) is 4.17. The zero-order valence-corrected chi connectivity index (χ0v) is 15.3. The summed E-state index contributed by atoms with van der Waals surface area (Å²) in [5.41, 5.74) is 1.78. The molecule has 1 fully saturated rings. The van der Waals surface area contributed by atoms with E-state index in [1.165, 1.54) is 6.07 Å². The standard InChI is InChI=1S/C18H12ClN3O7/c19-11-6-10(16(29-9-15(23)24)14(8-11)22(27)28)7-13-17(25)20-21(18(13)26)12-4-2-1-3-5-12/h1-8H,9H2,(H,20,25)(H,23,24). The molecule has 0 aliphatic carbocycles. The summed E-state index contributed by atoms with van der Waals surface area (Å²) in [5, 5.41) is 21.1. The van der Waals surface area contributed by atoms with Crippen LogP contribution in [0.25, 0.3) is 6.08 Å². The van der Waals surface area contributed by atoms with Gasteiger partial charge in [0.05, 0.1) is 10.6 Å². The maximum atomic E-state index is 12.7.